The quantitative estimate of drug-likeness (QED) is 0.524. The van der Waals surface area contributed by atoms with Crippen LogP contribution in [0.3, 0.4) is 0 Å². The van der Waals surface area contributed by atoms with E-state index in [1.54, 1.807) is 13.8 Å². The molecule has 0 aromatic heterocycles. The van der Waals surface area contributed by atoms with Gasteiger partial charge in [-0.2, -0.15) is 0 Å². The van der Waals surface area contributed by atoms with Gasteiger partial charge in [0.2, 0.25) is 8.87 Å². The molecule has 14 heavy (non-hydrogen) atoms. The molecule has 0 aliphatic heterocycles. The molecule has 0 heterocycles. The summed E-state index contributed by atoms with van der Waals surface area (Å²) in [6, 6.07) is 0. The maximum atomic E-state index is 11.2. The van der Waals surface area contributed by atoms with Gasteiger partial charge in [-0.3, -0.25) is 4.79 Å². The molecular weight excluding hydrogens is 224 g/mol. The van der Waals surface area contributed by atoms with E-state index in [0.717, 1.165) is 0 Å². The monoisotopic (exact) mass is 240 g/mol. The van der Waals surface area contributed by atoms with Gasteiger partial charge in [-0.15, -0.1) is 0 Å². The highest BCUT2D eigenvalue weighted by Crippen LogP contribution is 2.18. The van der Waals surface area contributed by atoms with Crippen molar-refractivity contribution in [3.05, 3.63) is 0 Å². The van der Waals surface area contributed by atoms with Gasteiger partial charge in [0.1, 0.15) is 0 Å². The average molecular weight is 240 g/mol. The van der Waals surface area contributed by atoms with Crippen LogP contribution in [0.15, 0.2) is 0 Å². The van der Waals surface area contributed by atoms with Crippen LogP contribution in [0.25, 0.3) is 0 Å². The van der Waals surface area contributed by atoms with Crippen molar-refractivity contribution in [3.63, 3.8) is 0 Å². The Hall–Kier alpha value is -0.230. The highest BCUT2D eigenvalue weighted by Gasteiger charge is 2.17. The van der Waals surface area contributed by atoms with Gasteiger partial charge < -0.3 is 4.18 Å². The van der Waals surface area contributed by atoms with Crippen molar-refractivity contribution in [2.24, 2.45) is 5.92 Å². The summed E-state index contributed by atoms with van der Waals surface area (Å²) in [4.78, 5) is 10.9. The van der Waals surface area contributed by atoms with Crippen molar-refractivity contribution in [2.75, 3.05) is 5.75 Å². The average Bonchev–Trinajstić information content (AvgIpc) is 1.99. The predicted octanol–water partition coefficient (Wildman–Crippen LogP) is 1.96. The van der Waals surface area contributed by atoms with Gasteiger partial charge in [-0.05, 0) is 12.3 Å². The fraction of sp³-hybridized carbons (Fsp3) is 0.875. The maximum Gasteiger partial charge on any atom is 0.318 e. The Bertz CT molecular complexity index is 269. The Morgan fingerprint density at radius 2 is 2.00 bits per heavy atom. The summed E-state index contributed by atoms with van der Waals surface area (Å²) in [6.45, 7) is 5.42. The maximum absolute atomic E-state index is 11.2. The minimum absolute atomic E-state index is 0.0249. The number of rotatable bonds is 6. The molecule has 0 spiro atoms. The molecule has 0 aromatic carbocycles. The standard InChI is InChI=1S/C8H16O4S2/c1-4-5-8(9)12-13-14(10,11)6-7(2)3/h7H,4-6H2,1-3H3. The zero-order valence-electron chi connectivity index (χ0n) is 8.65. The largest absolute Gasteiger partial charge is 0.374 e. The van der Waals surface area contributed by atoms with Crippen LogP contribution in [0.4, 0.5) is 0 Å². The molecule has 84 valence electrons. The number of carbonyl (C=O) groups is 1. The van der Waals surface area contributed by atoms with E-state index in [0.29, 0.717) is 6.42 Å². The summed E-state index contributed by atoms with van der Waals surface area (Å²) >= 11 is 0.278. The molecule has 0 saturated carbocycles. The first-order chi connectivity index (χ1) is 6.37. The molecule has 0 fully saturated rings. The number of hydrogen-bond acceptors (Lipinski definition) is 5. The highest BCUT2D eigenvalue weighted by molar-refractivity contribution is 8.70. The lowest BCUT2D eigenvalue weighted by molar-refractivity contribution is -0.132. The lowest BCUT2D eigenvalue weighted by Gasteiger charge is -2.05. The predicted molar refractivity (Wildman–Crippen MR) is 57.2 cm³/mol. The fourth-order valence-corrected chi connectivity index (χ4v) is 3.43. The van der Waals surface area contributed by atoms with Crippen LogP contribution in [-0.4, -0.2) is 20.1 Å². The van der Waals surface area contributed by atoms with E-state index in [1.807, 2.05) is 6.92 Å². The van der Waals surface area contributed by atoms with E-state index in [1.165, 1.54) is 0 Å². The van der Waals surface area contributed by atoms with Crippen LogP contribution in [-0.2, 0) is 17.8 Å². The molecule has 0 bridgehead atoms. The van der Waals surface area contributed by atoms with Crippen molar-refractivity contribution in [2.45, 2.75) is 33.6 Å². The zero-order chi connectivity index (χ0) is 11.2. The summed E-state index contributed by atoms with van der Waals surface area (Å²) < 4.78 is 27.0. The van der Waals surface area contributed by atoms with E-state index >= 15 is 0 Å². The summed E-state index contributed by atoms with van der Waals surface area (Å²) in [5.74, 6) is -0.418. The van der Waals surface area contributed by atoms with Crippen LogP contribution >= 0.6 is 11.1 Å². The third kappa shape index (κ3) is 7.20. The van der Waals surface area contributed by atoms with Crippen molar-refractivity contribution in [3.8, 4) is 0 Å². The fourth-order valence-electron chi connectivity index (χ4n) is 0.772. The van der Waals surface area contributed by atoms with E-state index in [4.69, 9.17) is 0 Å². The van der Waals surface area contributed by atoms with Gasteiger partial charge in [0.15, 0.2) is 11.1 Å². The first kappa shape index (κ1) is 13.8. The smallest absolute Gasteiger partial charge is 0.318 e. The van der Waals surface area contributed by atoms with Crippen LogP contribution in [0.1, 0.15) is 33.6 Å². The van der Waals surface area contributed by atoms with Crippen LogP contribution < -0.4 is 0 Å². The molecule has 0 atom stereocenters. The molecule has 0 rings (SSSR count). The van der Waals surface area contributed by atoms with E-state index in [-0.39, 0.29) is 29.2 Å². The molecule has 0 N–H and O–H groups in total. The SMILES string of the molecule is CCCC(=O)OSS(=O)(=O)CC(C)C. The lowest BCUT2D eigenvalue weighted by atomic mass is 10.3. The highest BCUT2D eigenvalue weighted by atomic mass is 33.1. The molecule has 0 unspecified atom stereocenters. The molecule has 6 heteroatoms. The van der Waals surface area contributed by atoms with Crippen molar-refractivity contribution < 1.29 is 17.4 Å². The van der Waals surface area contributed by atoms with Crippen molar-refractivity contribution >= 4 is 25.9 Å². The minimum atomic E-state index is -3.32. The summed E-state index contributed by atoms with van der Waals surface area (Å²) in [7, 11) is -3.32. The normalized spacial score (nSPS) is 11.7. The molecule has 4 nitrogen and oxygen atoms in total. The zero-order valence-corrected chi connectivity index (χ0v) is 10.3. The van der Waals surface area contributed by atoms with Crippen LogP contribution in [0.5, 0.6) is 0 Å². The topological polar surface area (TPSA) is 60.4 Å². The molecule has 0 aliphatic rings. The van der Waals surface area contributed by atoms with Gasteiger partial charge in [-0.25, -0.2) is 8.42 Å². The second kappa shape index (κ2) is 6.29. The molecule has 0 aromatic rings. The van der Waals surface area contributed by atoms with Crippen LogP contribution in [0.2, 0.25) is 0 Å². The van der Waals surface area contributed by atoms with Gasteiger partial charge in [0.05, 0.1) is 5.75 Å². The number of carbonyl (C=O) groups excluding carboxylic acids is 1. The molecule has 0 aliphatic carbocycles. The summed E-state index contributed by atoms with van der Waals surface area (Å²) in [6.07, 6.45) is 0.911. The molecular formula is C8H16O4S2. The minimum Gasteiger partial charge on any atom is -0.374 e. The molecule has 0 amide bonds. The van der Waals surface area contributed by atoms with E-state index in [9.17, 15) is 13.2 Å². The third-order valence-corrected chi connectivity index (χ3v) is 3.99. The summed E-state index contributed by atoms with van der Waals surface area (Å²) in [5, 5.41) is 0. The Kier molecular flexibility index (Phi) is 6.19. The number of hydrogen-bond donors (Lipinski definition) is 0. The van der Waals surface area contributed by atoms with Gasteiger partial charge in [-0.1, -0.05) is 20.8 Å². The second-order valence-corrected chi connectivity index (χ2v) is 7.07. The second-order valence-electron chi connectivity index (χ2n) is 3.39. The van der Waals surface area contributed by atoms with Gasteiger partial charge >= 0.3 is 5.97 Å². The summed E-state index contributed by atoms with van der Waals surface area (Å²) in [5.41, 5.74) is 0. The third-order valence-electron chi connectivity index (χ3n) is 1.22. The first-order valence-corrected chi connectivity index (χ1v) is 7.40. The Morgan fingerprint density at radius 3 is 2.43 bits per heavy atom. The van der Waals surface area contributed by atoms with Crippen molar-refractivity contribution in [1.29, 1.82) is 0 Å². The van der Waals surface area contributed by atoms with E-state index in [2.05, 4.69) is 4.18 Å². The van der Waals surface area contributed by atoms with Gasteiger partial charge in [0.25, 0.3) is 0 Å². The van der Waals surface area contributed by atoms with Gasteiger partial charge in [0, 0.05) is 6.42 Å². The molecule has 0 saturated heterocycles. The Labute approximate surface area is 88.9 Å². The lowest BCUT2D eigenvalue weighted by Crippen LogP contribution is -2.09. The Morgan fingerprint density at radius 1 is 1.43 bits per heavy atom. The molecule has 0 radical (unpaired) electrons. The Balaban J connectivity index is 3.94. The van der Waals surface area contributed by atoms with E-state index < -0.39 is 14.8 Å². The van der Waals surface area contributed by atoms with Crippen molar-refractivity contribution in [1.82, 2.24) is 0 Å². The van der Waals surface area contributed by atoms with Crippen LogP contribution in [0, 0.1) is 5.92 Å². The first-order valence-electron chi connectivity index (χ1n) is 4.49.